The molecule has 2 aliphatic heterocycles. The number of aromatic nitrogens is 1. The Morgan fingerprint density at radius 3 is 2.67 bits per heavy atom. The van der Waals surface area contributed by atoms with Crippen molar-refractivity contribution in [3.05, 3.63) is 88.2 Å². The molecule has 0 radical (unpaired) electrons. The molecule has 2 aromatic carbocycles. The molecule has 2 N–H and O–H groups in total. The summed E-state index contributed by atoms with van der Waals surface area (Å²) in [7, 11) is 0. The summed E-state index contributed by atoms with van der Waals surface area (Å²) in [5.41, 5.74) is 6.85. The molecule has 1 aromatic heterocycles. The summed E-state index contributed by atoms with van der Waals surface area (Å²) in [6, 6.07) is 15.6. The molecule has 0 spiro atoms. The van der Waals surface area contributed by atoms with Crippen LogP contribution < -0.4 is 15.5 Å². The molecule has 168 valence electrons. The monoisotopic (exact) mass is 460 g/mol. The van der Waals surface area contributed by atoms with E-state index < -0.39 is 6.04 Å². The number of nitrogens with zero attached hydrogens (tertiary/aromatic N) is 2. The third-order valence-electron chi connectivity index (χ3n) is 6.20. The van der Waals surface area contributed by atoms with Crippen molar-refractivity contribution >= 4 is 40.7 Å². The lowest BCUT2D eigenvalue weighted by Crippen LogP contribution is -2.36. The zero-order valence-corrected chi connectivity index (χ0v) is 19.1. The topological polar surface area (TPSA) is 66.5 Å². The van der Waals surface area contributed by atoms with Gasteiger partial charge in [-0.3, -0.25) is 0 Å². The van der Waals surface area contributed by atoms with E-state index in [-0.39, 0.29) is 0 Å². The molecule has 0 saturated carbocycles. The number of aldehydes is 1. The Hall–Kier alpha value is -3.35. The Labute approximate surface area is 198 Å². The van der Waals surface area contributed by atoms with Crippen molar-refractivity contribution in [2.75, 3.05) is 36.5 Å². The maximum Gasteiger partial charge on any atom is 0.146 e. The summed E-state index contributed by atoms with van der Waals surface area (Å²) in [6.45, 7) is 5.29. The first-order chi connectivity index (χ1) is 16.2. The van der Waals surface area contributed by atoms with Gasteiger partial charge in [-0.2, -0.15) is 0 Å². The van der Waals surface area contributed by atoms with Gasteiger partial charge in [0.15, 0.2) is 0 Å². The standard InChI is InChI=1S/C26H25ClN4O2/c1-17-20(3-2-4-23(17)27)22-15-29-24(16-32)25-21(22)9-10-28-26(25)30-18-5-7-19(8-6-18)31-11-13-33-14-12-31/h2-10,15-16,24,29H,11-14H2,1H3,(H,28,30). The SMILES string of the molecule is Cc1c(Cl)cccc1C1=CNC(C=O)c2c1ccnc2Nc1ccc(N2CCOCC2)cc1. The highest BCUT2D eigenvalue weighted by Gasteiger charge is 2.26. The fourth-order valence-corrected chi connectivity index (χ4v) is 4.57. The van der Waals surface area contributed by atoms with Gasteiger partial charge >= 0.3 is 0 Å². The largest absolute Gasteiger partial charge is 0.378 e. The molecular weight excluding hydrogens is 436 g/mol. The molecule has 1 saturated heterocycles. The summed E-state index contributed by atoms with van der Waals surface area (Å²) in [5.74, 6) is 0.654. The minimum Gasteiger partial charge on any atom is -0.378 e. The Bertz CT molecular complexity index is 1200. The van der Waals surface area contributed by atoms with E-state index in [1.54, 1.807) is 6.20 Å². The summed E-state index contributed by atoms with van der Waals surface area (Å²) in [4.78, 5) is 18.8. The van der Waals surface area contributed by atoms with Crippen molar-refractivity contribution in [1.29, 1.82) is 0 Å². The van der Waals surface area contributed by atoms with Crippen LogP contribution in [-0.4, -0.2) is 37.6 Å². The Morgan fingerprint density at radius 2 is 1.91 bits per heavy atom. The number of rotatable bonds is 5. The number of fused-ring (bicyclic) bond motifs is 1. The molecule has 33 heavy (non-hydrogen) atoms. The lowest BCUT2D eigenvalue weighted by atomic mass is 9.88. The molecule has 1 fully saturated rings. The highest BCUT2D eigenvalue weighted by molar-refractivity contribution is 6.31. The second-order valence-corrected chi connectivity index (χ2v) is 8.55. The average molecular weight is 461 g/mol. The van der Waals surface area contributed by atoms with E-state index in [1.165, 1.54) is 5.69 Å². The molecule has 0 amide bonds. The van der Waals surface area contributed by atoms with Gasteiger partial charge < -0.3 is 25.1 Å². The first kappa shape index (κ1) is 21.5. The molecule has 0 bridgehead atoms. The van der Waals surface area contributed by atoms with Crippen LogP contribution in [0.1, 0.15) is 28.3 Å². The first-order valence-corrected chi connectivity index (χ1v) is 11.4. The van der Waals surface area contributed by atoms with Gasteiger partial charge in [-0.15, -0.1) is 0 Å². The van der Waals surface area contributed by atoms with Crippen LogP contribution in [0.25, 0.3) is 5.57 Å². The highest BCUT2D eigenvalue weighted by atomic mass is 35.5. The fourth-order valence-electron chi connectivity index (χ4n) is 4.40. The van der Waals surface area contributed by atoms with Crippen molar-refractivity contribution in [3.63, 3.8) is 0 Å². The molecule has 6 nitrogen and oxygen atoms in total. The lowest BCUT2D eigenvalue weighted by Gasteiger charge is -2.29. The van der Waals surface area contributed by atoms with Crippen LogP contribution >= 0.6 is 11.6 Å². The van der Waals surface area contributed by atoms with Gasteiger partial charge in [0.1, 0.15) is 18.1 Å². The first-order valence-electron chi connectivity index (χ1n) is 11.0. The number of benzene rings is 2. The van der Waals surface area contributed by atoms with E-state index in [1.807, 2.05) is 49.5 Å². The molecular formula is C26H25ClN4O2. The van der Waals surface area contributed by atoms with Gasteiger partial charge in [0, 0.05) is 53.0 Å². The Kier molecular flexibility index (Phi) is 6.03. The van der Waals surface area contributed by atoms with Crippen molar-refractivity contribution in [2.45, 2.75) is 13.0 Å². The number of hydrogen-bond donors (Lipinski definition) is 2. The second kappa shape index (κ2) is 9.25. The Balaban J connectivity index is 1.48. The maximum atomic E-state index is 11.9. The second-order valence-electron chi connectivity index (χ2n) is 8.14. The molecule has 3 heterocycles. The van der Waals surface area contributed by atoms with Crippen LogP contribution in [0.3, 0.4) is 0 Å². The van der Waals surface area contributed by atoms with E-state index >= 15 is 0 Å². The van der Waals surface area contributed by atoms with Crippen molar-refractivity contribution in [1.82, 2.24) is 10.3 Å². The summed E-state index contributed by atoms with van der Waals surface area (Å²) >= 11 is 6.38. The zero-order chi connectivity index (χ0) is 22.8. The summed E-state index contributed by atoms with van der Waals surface area (Å²) in [6.07, 6.45) is 4.57. The molecule has 3 aromatic rings. The molecule has 1 atom stereocenters. The number of nitrogens with one attached hydrogen (secondary N) is 2. The van der Waals surface area contributed by atoms with Crippen LogP contribution in [0.2, 0.25) is 5.02 Å². The zero-order valence-electron chi connectivity index (χ0n) is 18.3. The highest BCUT2D eigenvalue weighted by Crippen LogP contribution is 2.38. The minimum absolute atomic E-state index is 0.493. The van der Waals surface area contributed by atoms with Gasteiger partial charge in [-0.25, -0.2) is 4.98 Å². The van der Waals surface area contributed by atoms with Gasteiger partial charge in [0.25, 0.3) is 0 Å². The number of pyridine rings is 1. The normalized spacial score (nSPS) is 17.6. The smallest absolute Gasteiger partial charge is 0.146 e. The third-order valence-corrected chi connectivity index (χ3v) is 6.61. The molecule has 1 unspecified atom stereocenters. The van der Waals surface area contributed by atoms with E-state index in [2.05, 4.69) is 32.7 Å². The third kappa shape index (κ3) is 4.19. The predicted octanol–water partition coefficient (Wildman–Crippen LogP) is 4.86. The predicted molar refractivity (Wildman–Crippen MR) is 132 cm³/mol. The molecule has 5 rings (SSSR count). The van der Waals surface area contributed by atoms with Crippen molar-refractivity contribution < 1.29 is 9.53 Å². The number of hydrogen-bond acceptors (Lipinski definition) is 6. The van der Waals surface area contributed by atoms with Crippen LogP contribution in [0.15, 0.2) is 60.9 Å². The molecule has 2 aliphatic rings. The fraction of sp³-hybridized carbons (Fsp3) is 0.231. The number of ether oxygens (including phenoxy) is 1. The van der Waals surface area contributed by atoms with Gasteiger partial charge in [0.05, 0.1) is 13.2 Å². The van der Waals surface area contributed by atoms with E-state index in [4.69, 9.17) is 16.3 Å². The number of carbonyl (C=O) groups is 1. The van der Waals surface area contributed by atoms with Crippen LogP contribution in [0.5, 0.6) is 0 Å². The molecule has 7 heteroatoms. The maximum absolute atomic E-state index is 11.9. The molecule has 0 aliphatic carbocycles. The van der Waals surface area contributed by atoms with E-state index in [9.17, 15) is 4.79 Å². The number of anilines is 3. The minimum atomic E-state index is -0.493. The van der Waals surface area contributed by atoms with Gasteiger partial charge in [-0.1, -0.05) is 23.7 Å². The van der Waals surface area contributed by atoms with Crippen molar-refractivity contribution in [3.8, 4) is 0 Å². The van der Waals surface area contributed by atoms with E-state index in [0.29, 0.717) is 10.8 Å². The summed E-state index contributed by atoms with van der Waals surface area (Å²) in [5, 5.41) is 7.35. The van der Waals surface area contributed by atoms with Crippen LogP contribution in [0.4, 0.5) is 17.2 Å². The number of halogens is 1. The quantitative estimate of drug-likeness (QED) is 0.530. The van der Waals surface area contributed by atoms with Gasteiger partial charge in [-0.05, 0) is 60.0 Å². The van der Waals surface area contributed by atoms with Crippen molar-refractivity contribution in [2.24, 2.45) is 0 Å². The average Bonchev–Trinajstić information content (AvgIpc) is 2.86. The van der Waals surface area contributed by atoms with Crippen LogP contribution in [-0.2, 0) is 9.53 Å². The lowest BCUT2D eigenvalue weighted by molar-refractivity contribution is -0.109. The Morgan fingerprint density at radius 1 is 1.12 bits per heavy atom. The number of carbonyl (C=O) groups excluding carboxylic acids is 1. The summed E-state index contributed by atoms with van der Waals surface area (Å²) < 4.78 is 5.44. The van der Waals surface area contributed by atoms with Crippen LogP contribution in [0, 0.1) is 6.92 Å². The number of morpholine rings is 1. The van der Waals surface area contributed by atoms with Gasteiger partial charge in [0.2, 0.25) is 0 Å². The van der Waals surface area contributed by atoms with E-state index in [0.717, 1.165) is 66.1 Å².